The van der Waals surface area contributed by atoms with E-state index in [1.807, 2.05) is 44.3 Å². The Bertz CT molecular complexity index is 1280. The number of pyridine rings is 1. The van der Waals surface area contributed by atoms with Gasteiger partial charge in [0.1, 0.15) is 0 Å². The monoisotopic (exact) mass is 443 g/mol. The van der Waals surface area contributed by atoms with Crippen LogP contribution in [0.2, 0.25) is 0 Å². The lowest BCUT2D eigenvalue weighted by atomic mass is 10.0. The number of thiophene rings is 1. The largest absolute Gasteiger partial charge is 0.340 e. The van der Waals surface area contributed by atoms with Crippen LogP contribution in [-0.4, -0.2) is 51.4 Å². The summed E-state index contributed by atoms with van der Waals surface area (Å²) in [5.41, 5.74) is 5.93. The lowest BCUT2D eigenvalue weighted by Crippen LogP contribution is -2.34. The molecule has 2 atom stereocenters. The maximum atomic E-state index is 13.8. The smallest absolute Gasteiger partial charge is 0.256 e. The fourth-order valence-electron chi connectivity index (χ4n) is 5.31. The lowest BCUT2D eigenvalue weighted by molar-refractivity contribution is 0.0785. The molecule has 0 aliphatic carbocycles. The van der Waals surface area contributed by atoms with Gasteiger partial charge in [-0.05, 0) is 54.4 Å². The molecule has 1 amide bonds. The summed E-state index contributed by atoms with van der Waals surface area (Å²) in [5, 5.41) is 4.18. The Labute approximate surface area is 191 Å². The van der Waals surface area contributed by atoms with Crippen LogP contribution in [-0.2, 0) is 0 Å². The van der Waals surface area contributed by atoms with Crippen LogP contribution in [0.1, 0.15) is 21.7 Å². The summed E-state index contributed by atoms with van der Waals surface area (Å²) < 4.78 is 2.07. The number of carbonyl (C=O) groups excluding carboxylic acids is 1. The van der Waals surface area contributed by atoms with Gasteiger partial charge >= 0.3 is 0 Å². The predicted molar refractivity (Wildman–Crippen MR) is 127 cm³/mol. The number of nitrogens with zero attached hydrogens (tertiary/aromatic N) is 5. The lowest BCUT2D eigenvalue weighted by Gasteiger charge is -2.22. The van der Waals surface area contributed by atoms with Gasteiger partial charge in [0, 0.05) is 67.4 Å². The average molecular weight is 444 g/mol. The maximum Gasteiger partial charge on any atom is 0.256 e. The summed E-state index contributed by atoms with van der Waals surface area (Å²) in [6, 6.07) is 10.1. The first kappa shape index (κ1) is 19.5. The molecule has 6 rings (SSSR count). The van der Waals surface area contributed by atoms with Gasteiger partial charge in [-0.15, -0.1) is 0 Å². The Balaban J connectivity index is 1.26. The number of carbonyl (C=O) groups is 1. The van der Waals surface area contributed by atoms with Crippen LogP contribution in [0.15, 0.2) is 53.5 Å². The van der Waals surface area contributed by atoms with E-state index in [1.165, 1.54) is 0 Å². The molecule has 2 fully saturated rings. The zero-order chi connectivity index (χ0) is 21.8. The van der Waals surface area contributed by atoms with Crippen molar-refractivity contribution in [1.29, 1.82) is 0 Å². The number of rotatable bonds is 3. The zero-order valence-electron chi connectivity index (χ0n) is 18.2. The molecule has 162 valence electrons. The third kappa shape index (κ3) is 3.19. The number of aryl methyl sites for hydroxylation is 2. The van der Waals surface area contributed by atoms with Crippen LogP contribution >= 0.6 is 11.3 Å². The number of amides is 1. The first-order valence-corrected chi connectivity index (χ1v) is 12.0. The Hall–Kier alpha value is -3.19. The van der Waals surface area contributed by atoms with Gasteiger partial charge < -0.3 is 14.2 Å². The molecule has 0 saturated carbocycles. The van der Waals surface area contributed by atoms with Crippen molar-refractivity contribution in [1.82, 2.24) is 19.3 Å². The highest BCUT2D eigenvalue weighted by molar-refractivity contribution is 7.08. The Morgan fingerprint density at radius 3 is 2.47 bits per heavy atom. The highest BCUT2D eigenvalue weighted by atomic mass is 32.1. The van der Waals surface area contributed by atoms with E-state index < -0.39 is 0 Å². The van der Waals surface area contributed by atoms with Gasteiger partial charge in [0.15, 0.2) is 0 Å². The summed E-state index contributed by atoms with van der Waals surface area (Å²) in [6.45, 7) is 7.43. The van der Waals surface area contributed by atoms with Gasteiger partial charge in [0.2, 0.25) is 5.95 Å². The molecule has 0 spiro atoms. The van der Waals surface area contributed by atoms with Crippen molar-refractivity contribution in [2.45, 2.75) is 13.8 Å². The van der Waals surface area contributed by atoms with Crippen molar-refractivity contribution in [2.75, 3.05) is 31.1 Å². The van der Waals surface area contributed by atoms with Gasteiger partial charge in [0.25, 0.3) is 5.91 Å². The van der Waals surface area contributed by atoms with Crippen LogP contribution in [0.4, 0.5) is 5.95 Å². The molecule has 0 unspecified atom stereocenters. The molecule has 2 aliphatic heterocycles. The van der Waals surface area contributed by atoms with Crippen LogP contribution in [0.5, 0.6) is 0 Å². The van der Waals surface area contributed by atoms with E-state index >= 15 is 0 Å². The summed E-state index contributed by atoms with van der Waals surface area (Å²) in [5.74, 6) is 1.89. The molecule has 0 aromatic carbocycles. The van der Waals surface area contributed by atoms with E-state index in [0.29, 0.717) is 11.8 Å². The quantitative estimate of drug-likeness (QED) is 0.474. The molecule has 4 aromatic heterocycles. The molecular weight excluding hydrogens is 418 g/mol. The molecule has 32 heavy (non-hydrogen) atoms. The van der Waals surface area contributed by atoms with Crippen molar-refractivity contribution in [2.24, 2.45) is 11.8 Å². The Kier molecular flexibility index (Phi) is 4.54. The number of aromatic nitrogens is 3. The minimum absolute atomic E-state index is 0.142. The van der Waals surface area contributed by atoms with E-state index in [0.717, 1.165) is 65.7 Å². The normalized spacial score (nSPS) is 20.3. The first-order valence-electron chi connectivity index (χ1n) is 11.1. The van der Waals surface area contributed by atoms with E-state index in [9.17, 15) is 4.79 Å². The minimum atomic E-state index is 0.142. The van der Waals surface area contributed by atoms with Crippen LogP contribution in [0, 0.1) is 25.7 Å². The van der Waals surface area contributed by atoms with Crippen molar-refractivity contribution in [3.8, 4) is 11.1 Å². The summed E-state index contributed by atoms with van der Waals surface area (Å²) in [7, 11) is 0. The first-order chi connectivity index (χ1) is 15.6. The Morgan fingerprint density at radius 2 is 1.78 bits per heavy atom. The molecule has 2 aliphatic rings. The summed E-state index contributed by atoms with van der Waals surface area (Å²) >= 11 is 1.66. The van der Waals surface area contributed by atoms with Gasteiger partial charge in [-0.3, -0.25) is 4.79 Å². The van der Waals surface area contributed by atoms with E-state index in [4.69, 9.17) is 0 Å². The van der Waals surface area contributed by atoms with Crippen molar-refractivity contribution in [3.63, 3.8) is 0 Å². The van der Waals surface area contributed by atoms with Crippen molar-refractivity contribution < 1.29 is 4.79 Å². The number of hydrogen-bond donors (Lipinski definition) is 0. The fraction of sp³-hybridized carbons (Fsp3) is 0.320. The number of fused-ring (bicyclic) bond motifs is 2. The maximum absolute atomic E-state index is 13.8. The second-order valence-corrected chi connectivity index (χ2v) is 9.79. The van der Waals surface area contributed by atoms with Gasteiger partial charge in [-0.1, -0.05) is 6.07 Å². The average Bonchev–Trinajstić information content (AvgIpc) is 3.54. The number of anilines is 1. The van der Waals surface area contributed by atoms with Crippen molar-refractivity contribution in [3.05, 3.63) is 70.4 Å². The van der Waals surface area contributed by atoms with Gasteiger partial charge in [-0.25, -0.2) is 9.97 Å². The van der Waals surface area contributed by atoms with Crippen molar-refractivity contribution >= 4 is 28.7 Å². The molecule has 4 aromatic rings. The van der Waals surface area contributed by atoms with E-state index in [1.54, 1.807) is 11.3 Å². The fourth-order valence-corrected chi connectivity index (χ4v) is 5.97. The Morgan fingerprint density at radius 1 is 1.03 bits per heavy atom. The van der Waals surface area contributed by atoms with E-state index in [-0.39, 0.29) is 5.91 Å². The highest BCUT2D eigenvalue weighted by Crippen LogP contribution is 2.36. The van der Waals surface area contributed by atoms with Gasteiger partial charge in [-0.2, -0.15) is 11.3 Å². The standard InChI is InChI=1S/C25H25N5OS/c1-16-9-17(2)27-25(26-16)30-12-19-10-29(11-20(19)13-30)24(31)23-21(18-6-8-32-15-18)14-28-7-4-3-5-22(23)28/h3-9,14-15,19-20H,10-13H2,1-2H3/t19-,20+. The number of hydrogen-bond acceptors (Lipinski definition) is 5. The van der Waals surface area contributed by atoms with E-state index in [2.05, 4.69) is 47.2 Å². The predicted octanol–water partition coefficient (Wildman–Crippen LogP) is 4.28. The van der Waals surface area contributed by atoms with Crippen LogP contribution < -0.4 is 4.90 Å². The molecule has 6 heterocycles. The topological polar surface area (TPSA) is 53.7 Å². The molecule has 0 bridgehead atoms. The number of likely N-dealkylation sites (tertiary alicyclic amines) is 1. The second kappa shape index (κ2) is 7.45. The molecule has 0 N–H and O–H groups in total. The third-order valence-corrected chi connectivity index (χ3v) is 7.44. The van der Waals surface area contributed by atoms with Gasteiger partial charge in [0.05, 0.1) is 11.1 Å². The molecule has 0 radical (unpaired) electrons. The third-order valence-electron chi connectivity index (χ3n) is 6.76. The molecule has 7 heteroatoms. The van der Waals surface area contributed by atoms with Crippen LogP contribution in [0.25, 0.3) is 16.6 Å². The molecular formula is C25H25N5OS. The highest BCUT2D eigenvalue weighted by Gasteiger charge is 2.43. The molecule has 2 saturated heterocycles. The zero-order valence-corrected chi connectivity index (χ0v) is 19.0. The second-order valence-electron chi connectivity index (χ2n) is 9.01. The summed E-state index contributed by atoms with van der Waals surface area (Å²) in [4.78, 5) is 27.4. The summed E-state index contributed by atoms with van der Waals surface area (Å²) in [6.07, 6.45) is 4.10. The molecule has 6 nitrogen and oxygen atoms in total. The van der Waals surface area contributed by atoms with Crippen LogP contribution in [0.3, 0.4) is 0 Å². The minimum Gasteiger partial charge on any atom is -0.340 e. The SMILES string of the molecule is Cc1cc(C)nc(N2C[C@H]3CN(C(=O)c4c(-c5ccsc5)cn5ccccc45)C[C@H]3C2)n1.